The number of nitrogens with zero attached hydrogens (tertiary/aromatic N) is 2. The van der Waals surface area contributed by atoms with Crippen molar-refractivity contribution in [1.82, 2.24) is 25.9 Å². The number of hydrogen-bond donors (Lipinski definition) is 6. The zero-order chi connectivity index (χ0) is 17.7. The summed E-state index contributed by atoms with van der Waals surface area (Å²) in [5.41, 5.74) is 10.5. The Bertz CT molecular complexity index is 656. The Morgan fingerprint density at radius 2 is 2.25 bits per heavy atom. The van der Waals surface area contributed by atoms with Crippen molar-refractivity contribution in [3.8, 4) is 0 Å². The van der Waals surface area contributed by atoms with E-state index in [1.54, 1.807) is 6.20 Å². The first-order valence-corrected chi connectivity index (χ1v) is 7.25. The van der Waals surface area contributed by atoms with Crippen molar-refractivity contribution in [3.05, 3.63) is 18.2 Å². The van der Waals surface area contributed by atoms with Crippen LogP contribution < -0.4 is 27.4 Å². The zero-order valence-electron chi connectivity index (χ0n) is 13.1. The minimum absolute atomic E-state index is 0.0318. The van der Waals surface area contributed by atoms with Crippen molar-refractivity contribution >= 4 is 23.8 Å². The van der Waals surface area contributed by atoms with E-state index in [1.165, 1.54) is 13.3 Å². The molecule has 2 heterocycles. The number of imidazole rings is 1. The largest absolute Gasteiger partial charge is 0.351 e. The molecule has 130 valence electrons. The highest BCUT2D eigenvalue weighted by atomic mass is 16.2. The van der Waals surface area contributed by atoms with Crippen LogP contribution in [0.2, 0.25) is 0 Å². The summed E-state index contributed by atoms with van der Waals surface area (Å²) in [6.45, 7) is 1.50. The quantitative estimate of drug-likeness (QED) is 0.353. The molecule has 0 aliphatic carbocycles. The second kappa shape index (κ2) is 7.08. The molecule has 1 aliphatic rings. The number of hydrogen-bond acceptors (Lipinski definition) is 6. The molecule has 0 spiro atoms. The van der Waals surface area contributed by atoms with Gasteiger partial charge in [0.25, 0.3) is 5.91 Å². The summed E-state index contributed by atoms with van der Waals surface area (Å²) in [6, 6.07) is -1.26. The smallest absolute Gasteiger partial charge is 0.318 e. The van der Waals surface area contributed by atoms with E-state index < -0.39 is 23.5 Å². The maximum Gasteiger partial charge on any atom is 0.318 e. The third kappa shape index (κ3) is 4.52. The van der Waals surface area contributed by atoms with Gasteiger partial charge >= 0.3 is 6.03 Å². The van der Waals surface area contributed by atoms with Gasteiger partial charge in [-0.15, -0.1) is 0 Å². The molecular weight excluding hydrogens is 316 g/mol. The number of aromatic nitrogens is 2. The van der Waals surface area contributed by atoms with Crippen molar-refractivity contribution < 1.29 is 14.4 Å². The van der Waals surface area contributed by atoms with Crippen LogP contribution in [0.5, 0.6) is 0 Å². The fraction of sp³-hybridized carbons (Fsp3) is 0.462. The van der Waals surface area contributed by atoms with Gasteiger partial charge in [-0.1, -0.05) is 0 Å². The van der Waals surface area contributed by atoms with Gasteiger partial charge in [-0.3, -0.25) is 20.2 Å². The van der Waals surface area contributed by atoms with E-state index in [1.807, 2.05) is 0 Å². The first-order valence-electron chi connectivity index (χ1n) is 7.25. The number of aliphatic imine (C=N–C) groups is 1. The summed E-state index contributed by atoms with van der Waals surface area (Å²) in [4.78, 5) is 45.8. The van der Waals surface area contributed by atoms with Crippen molar-refractivity contribution in [2.24, 2.45) is 16.5 Å². The highest BCUT2D eigenvalue weighted by Gasteiger charge is 2.38. The van der Waals surface area contributed by atoms with Gasteiger partial charge in [0.05, 0.1) is 12.9 Å². The number of rotatable bonds is 5. The number of carbonyl (C=O) groups is 3. The molecule has 0 unspecified atom stereocenters. The Morgan fingerprint density at radius 1 is 1.50 bits per heavy atom. The lowest BCUT2D eigenvalue weighted by molar-refractivity contribution is -0.132. The molecule has 1 aromatic rings. The van der Waals surface area contributed by atoms with Crippen molar-refractivity contribution in [2.45, 2.75) is 31.3 Å². The predicted octanol–water partition coefficient (Wildman–Crippen LogP) is -2.30. The van der Waals surface area contributed by atoms with Crippen LogP contribution in [0.25, 0.3) is 0 Å². The number of amides is 4. The topological polar surface area (TPSA) is 180 Å². The molecule has 8 N–H and O–H groups in total. The van der Waals surface area contributed by atoms with Crippen LogP contribution in [0.1, 0.15) is 19.0 Å². The number of nitrogens with two attached hydrogens (primary N) is 2. The van der Waals surface area contributed by atoms with Gasteiger partial charge in [0.15, 0.2) is 0 Å². The molecule has 0 radical (unpaired) electrons. The molecule has 1 aromatic heterocycles. The number of nitrogens with one attached hydrogen (secondary N) is 4. The van der Waals surface area contributed by atoms with Crippen molar-refractivity contribution in [3.63, 3.8) is 0 Å². The van der Waals surface area contributed by atoms with E-state index in [0.717, 1.165) is 5.69 Å². The number of primary amides is 1. The first kappa shape index (κ1) is 17.4. The minimum atomic E-state index is -1.23. The predicted molar refractivity (Wildman–Crippen MR) is 84.6 cm³/mol. The van der Waals surface area contributed by atoms with Gasteiger partial charge in [0.2, 0.25) is 11.9 Å². The zero-order valence-corrected chi connectivity index (χ0v) is 13.1. The monoisotopic (exact) mass is 336 g/mol. The van der Waals surface area contributed by atoms with Gasteiger partial charge in [0, 0.05) is 30.8 Å². The lowest BCUT2D eigenvalue weighted by atomic mass is 9.99. The normalized spacial score (nSPS) is 21.4. The molecule has 0 fully saturated rings. The second-order valence-corrected chi connectivity index (χ2v) is 5.73. The van der Waals surface area contributed by atoms with Crippen LogP contribution in [-0.4, -0.2) is 51.9 Å². The van der Waals surface area contributed by atoms with Gasteiger partial charge in [-0.2, -0.15) is 0 Å². The average Bonchev–Trinajstić information content (AvgIpc) is 2.95. The van der Waals surface area contributed by atoms with Gasteiger partial charge in [0.1, 0.15) is 5.54 Å². The van der Waals surface area contributed by atoms with E-state index in [4.69, 9.17) is 11.5 Å². The number of carbonyl (C=O) groups excluding carboxylic acids is 3. The molecule has 0 saturated carbocycles. The van der Waals surface area contributed by atoms with Crippen molar-refractivity contribution in [1.29, 1.82) is 0 Å². The summed E-state index contributed by atoms with van der Waals surface area (Å²) in [7, 11) is 0. The maximum absolute atomic E-state index is 12.1. The van der Waals surface area contributed by atoms with Gasteiger partial charge in [-0.05, 0) is 6.92 Å². The van der Waals surface area contributed by atoms with Crippen LogP contribution in [0.15, 0.2) is 17.5 Å². The molecule has 1 aliphatic heterocycles. The Balaban J connectivity index is 1.89. The summed E-state index contributed by atoms with van der Waals surface area (Å²) >= 11 is 0. The molecule has 0 aromatic carbocycles. The molecule has 0 bridgehead atoms. The van der Waals surface area contributed by atoms with Crippen molar-refractivity contribution in [2.75, 3.05) is 6.54 Å². The third-order valence-corrected chi connectivity index (χ3v) is 3.43. The second-order valence-electron chi connectivity index (χ2n) is 5.73. The lowest BCUT2D eigenvalue weighted by Gasteiger charge is -2.32. The van der Waals surface area contributed by atoms with Crippen LogP contribution >= 0.6 is 0 Å². The van der Waals surface area contributed by atoms with E-state index in [0.29, 0.717) is 6.42 Å². The molecule has 11 heteroatoms. The van der Waals surface area contributed by atoms with E-state index in [-0.39, 0.29) is 24.8 Å². The molecule has 0 saturated heterocycles. The van der Waals surface area contributed by atoms with Crippen LogP contribution in [0.3, 0.4) is 0 Å². The average molecular weight is 336 g/mol. The first-order chi connectivity index (χ1) is 11.3. The Kier molecular flexibility index (Phi) is 5.14. The van der Waals surface area contributed by atoms with Crippen LogP contribution in [0, 0.1) is 0 Å². The third-order valence-electron chi connectivity index (χ3n) is 3.43. The Morgan fingerprint density at radius 3 is 2.83 bits per heavy atom. The number of guanidine groups is 1. The molecule has 2 rings (SSSR count). The van der Waals surface area contributed by atoms with Gasteiger partial charge < -0.3 is 21.8 Å². The highest BCUT2D eigenvalue weighted by Crippen LogP contribution is 2.10. The van der Waals surface area contributed by atoms with E-state index >= 15 is 0 Å². The number of urea groups is 1. The standard InChI is InChI=1S/C13H20N8O3/c1-13(5-17-12(19-10(13)23)20-11(15)24)21-9(22)3-7(14)2-8-4-16-6-18-8/h4,6-7H,2-3,5,14H2,1H3,(H,16,18)(H,21,22)(H4,15,17,19,20,23,24)/t7-,13-/m1/s1. The highest BCUT2D eigenvalue weighted by molar-refractivity contribution is 6.08. The van der Waals surface area contributed by atoms with E-state index in [9.17, 15) is 14.4 Å². The summed E-state index contributed by atoms with van der Waals surface area (Å²) in [6.07, 6.45) is 3.67. The van der Waals surface area contributed by atoms with Gasteiger partial charge in [-0.25, -0.2) is 14.8 Å². The number of aromatic amines is 1. The minimum Gasteiger partial charge on any atom is -0.351 e. The summed E-state index contributed by atoms with van der Waals surface area (Å²) in [5, 5.41) is 7.17. The lowest BCUT2D eigenvalue weighted by Crippen LogP contribution is -2.65. The summed E-state index contributed by atoms with van der Waals surface area (Å²) < 4.78 is 0. The molecule has 4 amide bonds. The van der Waals surface area contributed by atoms with E-state index in [2.05, 4.69) is 30.9 Å². The van der Waals surface area contributed by atoms with Crippen LogP contribution in [0.4, 0.5) is 4.79 Å². The molecule has 24 heavy (non-hydrogen) atoms. The molecule has 11 nitrogen and oxygen atoms in total. The molecule has 2 atom stereocenters. The Labute approximate surface area is 137 Å². The maximum atomic E-state index is 12.1. The number of H-pyrrole nitrogens is 1. The fourth-order valence-electron chi connectivity index (χ4n) is 2.23. The molecular formula is C13H20N8O3. The summed E-state index contributed by atoms with van der Waals surface area (Å²) in [5.74, 6) is -0.923. The Hall–Kier alpha value is -2.95. The SMILES string of the molecule is C[C@@]1(NC(=O)C[C@H](N)Cc2cnc[nH]2)CN=C(NC(N)=O)NC1=O. The van der Waals surface area contributed by atoms with Crippen LogP contribution in [-0.2, 0) is 16.0 Å². The fourth-order valence-corrected chi connectivity index (χ4v) is 2.23.